The van der Waals surface area contributed by atoms with Crippen LogP contribution in [0.5, 0.6) is 0 Å². The lowest BCUT2D eigenvalue weighted by Gasteiger charge is -2.12. The standard InChI is InChI=1S/C16H15BrN2O3/c1-10-11(2)13(7-6-12(10)17)19-15(20)9-22-16(21)14-5-3-4-8-18-14/h3-8H,9H2,1-2H3,(H,19,20). The molecule has 1 N–H and O–H groups in total. The highest BCUT2D eigenvalue weighted by Crippen LogP contribution is 2.25. The summed E-state index contributed by atoms with van der Waals surface area (Å²) in [7, 11) is 0. The SMILES string of the molecule is Cc1c(Br)ccc(NC(=O)COC(=O)c2ccccn2)c1C. The average molecular weight is 363 g/mol. The van der Waals surface area contributed by atoms with Crippen molar-refractivity contribution < 1.29 is 14.3 Å². The smallest absolute Gasteiger partial charge is 0.357 e. The minimum absolute atomic E-state index is 0.172. The first-order valence-electron chi connectivity index (χ1n) is 6.62. The Labute approximate surface area is 136 Å². The van der Waals surface area contributed by atoms with Crippen LogP contribution in [0, 0.1) is 13.8 Å². The molecule has 2 aromatic rings. The molecule has 22 heavy (non-hydrogen) atoms. The minimum Gasteiger partial charge on any atom is -0.451 e. The molecule has 0 spiro atoms. The van der Waals surface area contributed by atoms with Crippen molar-refractivity contribution in [3.63, 3.8) is 0 Å². The van der Waals surface area contributed by atoms with Crippen LogP contribution in [-0.2, 0) is 9.53 Å². The van der Waals surface area contributed by atoms with E-state index in [9.17, 15) is 9.59 Å². The molecule has 2 rings (SSSR count). The van der Waals surface area contributed by atoms with E-state index in [1.54, 1.807) is 18.2 Å². The number of aromatic nitrogens is 1. The summed E-state index contributed by atoms with van der Waals surface area (Å²) in [6.07, 6.45) is 1.49. The zero-order chi connectivity index (χ0) is 16.1. The zero-order valence-electron chi connectivity index (χ0n) is 12.2. The maximum absolute atomic E-state index is 11.9. The van der Waals surface area contributed by atoms with Crippen molar-refractivity contribution in [1.29, 1.82) is 0 Å². The van der Waals surface area contributed by atoms with Gasteiger partial charge < -0.3 is 10.1 Å². The van der Waals surface area contributed by atoms with Crippen LogP contribution >= 0.6 is 15.9 Å². The van der Waals surface area contributed by atoms with Gasteiger partial charge in [-0.25, -0.2) is 9.78 Å². The molecule has 1 aromatic heterocycles. The van der Waals surface area contributed by atoms with E-state index in [2.05, 4.69) is 26.2 Å². The first-order valence-corrected chi connectivity index (χ1v) is 7.42. The first-order chi connectivity index (χ1) is 10.5. The highest BCUT2D eigenvalue weighted by atomic mass is 79.9. The van der Waals surface area contributed by atoms with E-state index in [1.165, 1.54) is 12.3 Å². The van der Waals surface area contributed by atoms with Crippen molar-refractivity contribution >= 4 is 33.5 Å². The van der Waals surface area contributed by atoms with Crippen molar-refractivity contribution in [2.24, 2.45) is 0 Å². The zero-order valence-corrected chi connectivity index (χ0v) is 13.8. The van der Waals surface area contributed by atoms with Crippen molar-refractivity contribution in [3.8, 4) is 0 Å². The molecule has 0 atom stereocenters. The number of hydrogen-bond donors (Lipinski definition) is 1. The second-order valence-corrected chi connectivity index (χ2v) is 5.54. The number of esters is 1. The predicted octanol–water partition coefficient (Wildman–Crippen LogP) is 3.26. The molecule has 0 aliphatic carbocycles. The Kier molecular flexibility index (Phi) is 5.27. The van der Waals surface area contributed by atoms with Gasteiger partial charge in [-0.05, 0) is 49.2 Å². The molecule has 1 aromatic carbocycles. The summed E-state index contributed by atoms with van der Waals surface area (Å²) >= 11 is 3.43. The lowest BCUT2D eigenvalue weighted by atomic mass is 10.1. The number of carbonyl (C=O) groups is 2. The number of rotatable bonds is 4. The summed E-state index contributed by atoms with van der Waals surface area (Å²) in [5, 5.41) is 2.73. The lowest BCUT2D eigenvalue weighted by Crippen LogP contribution is -2.21. The number of carbonyl (C=O) groups excluding carboxylic acids is 2. The van der Waals surface area contributed by atoms with Gasteiger partial charge in [0.2, 0.25) is 0 Å². The molecule has 114 valence electrons. The maximum atomic E-state index is 11.9. The highest BCUT2D eigenvalue weighted by Gasteiger charge is 2.12. The second kappa shape index (κ2) is 7.17. The molecule has 0 saturated heterocycles. The monoisotopic (exact) mass is 362 g/mol. The summed E-state index contributed by atoms with van der Waals surface area (Å²) in [5.41, 5.74) is 2.87. The number of pyridine rings is 1. The third kappa shape index (κ3) is 3.92. The molecule has 6 heteroatoms. The maximum Gasteiger partial charge on any atom is 0.357 e. The Morgan fingerprint density at radius 1 is 1.18 bits per heavy atom. The predicted molar refractivity (Wildman–Crippen MR) is 86.8 cm³/mol. The van der Waals surface area contributed by atoms with Gasteiger partial charge in [-0.15, -0.1) is 0 Å². The van der Waals surface area contributed by atoms with Gasteiger partial charge in [0.25, 0.3) is 5.91 Å². The summed E-state index contributed by atoms with van der Waals surface area (Å²) in [6.45, 7) is 3.51. The van der Waals surface area contributed by atoms with Crippen molar-refractivity contribution in [2.75, 3.05) is 11.9 Å². The van der Waals surface area contributed by atoms with E-state index in [0.29, 0.717) is 5.69 Å². The number of anilines is 1. The van der Waals surface area contributed by atoms with Gasteiger partial charge in [0.15, 0.2) is 6.61 Å². The van der Waals surface area contributed by atoms with Gasteiger partial charge in [0.1, 0.15) is 5.69 Å². The Bertz CT molecular complexity index is 702. The molecule has 0 unspecified atom stereocenters. The van der Waals surface area contributed by atoms with E-state index in [1.807, 2.05) is 19.9 Å². The molecular weight excluding hydrogens is 348 g/mol. The minimum atomic E-state index is -0.626. The number of halogens is 1. The fourth-order valence-electron chi connectivity index (χ4n) is 1.80. The number of hydrogen-bond acceptors (Lipinski definition) is 4. The van der Waals surface area contributed by atoms with Gasteiger partial charge in [-0.2, -0.15) is 0 Å². The summed E-state index contributed by atoms with van der Waals surface area (Å²) in [5.74, 6) is -1.02. The number of amides is 1. The topological polar surface area (TPSA) is 68.3 Å². The molecule has 5 nitrogen and oxygen atoms in total. The molecule has 1 amide bonds. The van der Waals surface area contributed by atoms with Crippen LogP contribution in [0.2, 0.25) is 0 Å². The molecule has 0 saturated carbocycles. The largest absolute Gasteiger partial charge is 0.451 e. The van der Waals surface area contributed by atoms with Gasteiger partial charge in [-0.3, -0.25) is 4.79 Å². The number of nitrogens with one attached hydrogen (secondary N) is 1. The molecular formula is C16H15BrN2O3. The Morgan fingerprint density at radius 2 is 1.95 bits per heavy atom. The van der Waals surface area contributed by atoms with Crippen LogP contribution in [-0.4, -0.2) is 23.5 Å². The fourth-order valence-corrected chi connectivity index (χ4v) is 2.23. The molecule has 0 fully saturated rings. The molecule has 0 aliphatic rings. The normalized spacial score (nSPS) is 10.1. The Balaban J connectivity index is 1.94. The lowest BCUT2D eigenvalue weighted by molar-refractivity contribution is -0.119. The third-order valence-electron chi connectivity index (χ3n) is 3.20. The van der Waals surface area contributed by atoms with E-state index < -0.39 is 11.9 Å². The van der Waals surface area contributed by atoms with Crippen molar-refractivity contribution in [1.82, 2.24) is 4.98 Å². The van der Waals surface area contributed by atoms with Gasteiger partial charge in [0.05, 0.1) is 0 Å². The Hall–Kier alpha value is -2.21. The van der Waals surface area contributed by atoms with Crippen LogP contribution in [0.4, 0.5) is 5.69 Å². The second-order valence-electron chi connectivity index (χ2n) is 4.68. The number of nitrogens with zero attached hydrogens (tertiary/aromatic N) is 1. The highest BCUT2D eigenvalue weighted by molar-refractivity contribution is 9.10. The summed E-state index contributed by atoms with van der Waals surface area (Å²) < 4.78 is 5.91. The molecule has 0 aliphatic heterocycles. The van der Waals surface area contributed by atoms with Crippen LogP contribution in [0.25, 0.3) is 0 Å². The number of benzene rings is 1. The first kappa shape index (κ1) is 16.2. The van der Waals surface area contributed by atoms with E-state index in [4.69, 9.17) is 4.74 Å². The van der Waals surface area contributed by atoms with E-state index >= 15 is 0 Å². The summed E-state index contributed by atoms with van der Waals surface area (Å²) in [4.78, 5) is 27.4. The van der Waals surface area contributed by atoms with Crippen LogP contribution < -0.4 is 5.32 Å². The number of ether oxygens (including phenoxy) is 1. The van der Waals surface area contributed by atoms with E-state index in [0.717, 1.165) is 15.6 Å². The van der Waals surface area contributed by atoms with Crippen molar-refractivity contribution in [3.05, 3.63) is 57.8 Å². The van der Waals surface area contributed by atoms with Crippen LogP contribution in [0.3, 0.4) is 0 Å². The molecule has 0 radical (unpaired) electrons. The quantitative estimate of drug-likeness (QED) is 0.847. The molecule has 0 bridgehead atoms. The third-order valence-corrected chi connectivity index (χ3v) is 4.06. The van der Waals surface area contributed by atoms with E-state index in [-0.39, 0.29) is 12.3 Å². The van der Waals surface area contributed by atoms with Crippen LogP contribution in [0.15, 0.2) is 41.0 Å². The van der Waals surface area contributed by atoms with Crippen molar-refractivity contribution in [2.45, 2.75) is 13.8 Å². The van der Waals surface area contributed by atoms with Gasteiger partial charge in [-0.1, -0.05) is 22.0 Å². The average Bonchev–Trinajstić information content (AvgIpc) is 2.54. The molecule has 1 heterocycles. The summed E-state index contributed by atoms with van der Waals surface area (Å²) in [6, 6.07) is 8.56. The Morgan fingerprint density at radius 3 is 2.64 bits per heavy atom. The van der Waals surface area contributed by atoms with Gasteiger partial charge in [0, 0.05) is 16.4 Å². The van der Waals surface area contributed by atoms with Gasteiger partial charge >= 0.3 is 5.97 Å². The van der Waals surface area contributed by atoms with Crippen LogP contribution in [0.1, 0.15) is 21.6 Å². The fraction of sp³-hybridized carbons (Fsp3) is 0.188.